The summed E-state index contributed by atoms with van der Waals surface area (Å²) in [6.07, 6.45) is 0. The minimum absolute atomic E-state index is 0.00429. The van der Waals surface area contributed by atoms with Crippen LogP contribution in [0, 0.1) is 0 Å². The molecular weight excluding hydrogens is 368 g/mol. The maximum atomic E-state index is 12.4. The smallest absolute Gasteiger partial charge is 0.291 e. The summed E-state index contributed by atoms with van der Waals surface area (Å²) in [5, 5.41) is 0. The van der Waals surface area contributed by atoms with Gasteiger partial charge in [-0.3, -0.25) is 8.98 Å². The van der Waals surface area contributed by atoms with Gasteiger partial charge in [-0.15, -0.1) is 0 Å². The van der Waals surface area contributed by atoms with Gasteiger partial charge in [-0.2, -0.15) is 8.42 Å². The zero-order chi connectivity index (χ0) is 16.4. The molecule has 0 bridgehead atoms. The van der Waals surface area contributed by atoms with Crippen molar-refractivity contribution in [3.05, 3.63) is 64.6 Å². The molecule has 6 heteroatoms. The number of hydrogen-bond acceptors (Lipinski definition) is 4. The molecule has 2 aromatic carbocycles. The molecule has 4 nitrogen and oxygen atoms in total. The van der Waals surface area contributed by atoms with Crippen molar-refractivity contribution >= 4 is 31.8 Å². The second-order valence-corrected chi connectivity index (χ2v) is 7.66. The summed E-state index contributed by atoms with van der Waals surface area (Å²) in [6, 6.07) is 14.5. The molecule has 0 spiro atoms. The van der Waals surface area contributed by atoms with Gasteiger partial charge in [-0.05, 0) is 38.1 Å². The van der Waals surface area contributed by atoms with Gasteiger partial charge in [0, 0.05) is 10.0 Å². The van der Waals surface area contributed by atoms with E-state index in [1.165, 1.54) is 26.0 Å². The molecule has 0 saturated carbocycles. The van der Waals surface area contributed by atoms with E-state index >= 15 is 0 Å². The van der Waals surface area contributed by atoms with Crippen molar-refractivity contribution in [2.24, 2.45) is 0 Å². The van der Waals surface area contributed by atoms with Gasteiger partial charge in [0.2, 0.25) is 0 Å². The van der Waals surface area contributed by atoms with Crippen molar-refractivity contribution < 1.29 is 17.4 Å². The zero-order valence-corrected chi connectivity index (χ0v) is 14.5. The lowest BCUT2D eigenvalue weighted by Crippen LogP contribution is -2.37. The number of benzene rings is 2. The number of halogens is 1. The first kappa shape index (κ1) is 16.9. The number of rotatable bonds is 5. The lowest BCUT2D eigenvalue weighted by molar-refractivity contribution is 0.0605. The van der Waals surface area contributed by atoms with Crippen molar-refractivity contribution in [3.8, 4) is 0 Å². The Balaban J connectivity index is 2.27. The van der Waals surface area contributed by atoms with Gasteiger partial charge < -0.3 is 0 Å². The van der Waals surface area contributed by atoms with Crippen molar-refractivity contribution in [1.82, 2.24) is 0 Å². The van der Waals surface area contributed by atoms with Crippen LogP contribution in [-0.4, -0.2) is 19.8 Å². The molecule has 0 aliphatic carbocycles. The standard InChI is InChI=1S/C16H15BrO4S/c1-16(2,15(18)12-6-4-3-5-7-12)21-22(19,20)14-10-8-13(17)9-11-14/h3-11H,1-2H3. The van der Waals surface area contributed by atoms with Crippen LogP contribution in [0.1, 0.15) is 24.2 Å². The molecule has 0 aliphatic heterocycles. The number of carbonyl (C=O) groups is 1. The van der Waals surface area contributed by atoms with E-state index < -0.39 is 21.5 Å². The van der Waals surface area contributed by atoms with E-state index in [2.05, 4.69) is 15.9 Å². The van der Waals surface area contributed by atoms with E-state index in [1.54, 1.807) is 42.5 Å². The summed E-state index contributed by atoms with van der Waals surface area (Å²) in [6.45, 7) is 2.89. The molecule has 0 saturated heterocycles. The fourth-order valence-electron chi connectivity index (χ4n) is 1.90. The van der Waals surface area contributed by atoms with E-state index in [4.69, 9.17) is 4.18 Å². The van der Waals surface area contributed by atoms with Crippen molar-refractivity contribution in [3.63, 3.8) is 0 Å². The van der Waals surface area contributed by atoms with E-state index in [9.17, 15) is 13.2 Å². The third-order valence-corrected chi connectivity index (χ3v) is 5.02. The Labute approximate surface area is 138 Å². The highest BCUT2D eigenvalue weighted by atomic mass is 79.9. The van der Waals surface area contributed by atoms with Gasteiger partial charge in [0.25, 0.3) is 10.1 Å². The first-order valence-corrected chi connectivity index (χ1v) is 8.73. The van der Waals surface area contributed by atoms with Crippen molar-refractivity contribution in [2.45, 2.75) is 24.3 Å². The summed E-state index contributed by atoms with van der Waals surface area (Å²) in [4.78, 5) is 12.4. The third-order valence-electron chi connectivity index (χ3n) is 3.00. The Morgan fingerprint density at radius 2 is 1.55 bits per heavy atom. The monoisotopic (exact) mass is 382 g/mol. The molecule has 2 aromatic rings. The molecule has 0 aliphatic rings. The van der Waals surface area contributed by atoms with E-state index in [0.29, 0.717) is 5.56 Å². The number of ketones is 1. The predicted molar refractivity (Wildman–Crippen MR) is 87.3 cm³/mol. The Bertz CT molecular complexity index is 766. The van der Waals surface area contributed by atoms with Gasteiger partial charge >= 0.3 is 0 Å². The highest BCUT2D eigenvalue weighted by Crippen LogP contribution is 2.24. The minimum atomic E-state index is -4.03. The minimum Gasteiger partial charge on any atom is -0.291 e. The van der Waals surface area contributed by atoms with Crippen LogP contribution >= 0.6 is 15.9 Å². The Kier molecular flexibility index (Phi) is 4.84. The normalized spacial score (nSPS) is 12.1. The first-order valence-electron chi connectivity index (χ1n) is 6.53. The Morgan fingerprint density at radius 1 is 1.00 bits per heavy atom. The molecule has 0 amide bonds. The Morgan fingerprint density at radius 3 is 2.09 bits per heavy atom. The quantitative estimate of drug-likeness (QED) is 0.582. The maximum absolute atomic E-state index is 12.4. The summed E-state index contributed by atoms with van der Waals surface area (Å²) in [5.74, 6) is -0.395. The zero-order valence-electron chi connectivity index (χ0n) is 12.1. The number of hydrogen-bond donors (Lipinski definition) is 0. The van der Waals surface area contributed by atoms with Crippen LogP contribution in [0.4, 0.5) is 0 Å². The average molecular weight is 383 g/mol. The molecule has 22 heavy (non-hydrogen) atoms. The topological polar surface area (TPSA) is 60.4 Å². The van der Waals surface area contributed by atoms with Gasteiger partial charge in [0.15, 0.2) is 5.78 Å². The molecule has 0 fully saturated rings. The first-order chi connectivity index (χ1) is 10.2. The van der Waals surface area contributed by atoms with Gasteiger partial charge in [0.05, 0.1) is 4.90 Å². The SMILES string of the molecule is CC(C)(OS(=O)(=O)c1ccc(Br)cc1)C(=O)c1ccccc1. The molecule has 0 aromatic heterocycles. The molecule has 0 atom stereocenters. The lowest BCUT2D eigenvalue weighted by Gasteiger charge is -2.23. The molecule has 0 radical (unpaired) electrons. The van der Waals surface area contributed by atoms with E-state index in [-0.39, 0.29) is 4.90 Å². The second kappa shape index (κ2) is 6.32. The molecule has 0 N–H and O–H groups in total. The van der Waals surface area contributed by atoms with Crippen LogP contribution in [0.15, 0.2) is 64.0 Å². The fraction of sp³-hybridized carbons (Fsp3) is 0.188. The average Bonchev–Trinajstić information content (AvgIpc) is 2.46. The van der Waals surface area contributed by atoms with Crippen LogP contribution in [0.3, 0.4) is 0 Å². The number of carbonyl (C=O) groups excluding carboxylic acids is 1. The number of Topliss-reactive ketones (excluding diaryl/α,β-unsaturated/α-hetero) is 1. The molecule has 116 valence electrons. The summed E-state index contributed by atoms with van der Waals surface area (Å²) < 4.78 is 30.5. The van der Waals surface area contributed by atoms with Crippen LogP contribution in [0.25, 0.3) is 0 Å². The maximum Gasteiger partial charge on any atom is 0.297 e. The second-order valence-electron chi connectivity index (χ2n) is 5.20. The lowest BCUT2D eigenvalue weighted by atomic mass is 9.97. The van der Waals surface area contributed by atoms with Gasteiger partial charge in [0.1, 0.15) is 5.60 Å². The highest BCUT2D eigenvalue weighted by molar-refractivity contribution is 9.10. The van der Waals surface area contributed by atoms with Crippen molar-refractivity contribution in [2.75, 3.05) is 0 Å². The summed E-state index contributed by atoms with van der Waals surface area (Å²) in [5.41, 5.74) is -1.09. The molecule has 2 rings (SSSR count). The predicted octanol–water partition coefficient (Wildman–Crippen LogP) is 3.82. The fourth-order valence-corrected chi connectivity index (χ4v) is 3.35. The van der Waals surface area contributed by atoms with E-state index in [0.717, 1.165) is 4.47 Å². The summed E-state index contributed by atoms with van der Waals surface area (Å²) in [7, 11) is -4.03. The van der Waals surface area contributed by atoms with Crippen molar-refractivity contribution in [1.29, 1.82) is 0 Å². The van der Waals surface area contributed by atoms with E-state index in [1.807, 2.05) is 0 Å². The van der Waals surface area contributed by atoms with Crippen LogP contribution in [0.5, 0.6) is 0 Å². The molecular formula is C16H15BrO4S. The van der Waals surface area contributed by atoms with Crippen LogP contribution in [0.2, 0.25) is 0 Å². The largest absolute Gasteiger partial charge is 0.297 e. The molecule has 0 unspecified atom stereocenters. The highest BCUT2D eigenvalue weighted by Gasteiger charge is 2.35. The van der Waals surface area contributed by atoms with Crippen LogP contribution < -0.4 is 0 Å². The Hall–Kier alpha value is -1.50. The molecule has 0 heterocycles. The third kappa shape index (κ3) is 3.82. The van der Waals surface area contributed by atoms with Gasteiger partial charge in [-0.25, -0.2) is 0 Å². The van der Waals surface area contributed by atoms with Gasteiger partial charge in [-0.1, -0.05) is 46.3 Å². The summed E-state index contributed by atoms with van der Waals surface area (Å²) >= 11 is 3.24. The van der Waals surface area contributed by atoms with Crippen LogP contribution in [-0.2, 0) is 14.3 Å².